The fraction of sp³-hybridized carbons (Fsp3) is 0.100. The van der Waals surface area contributed by atoms with Gasteiger partial charge < -0.3 is 14.5 Å². The van der Waals surface area contributed by atoms with E-state index in [9.17, 15) is 18.0 Å². The third-order valence-electron chi connectivity index (χ3n) is 3.79. The molecule has 0 unspecified atom stereocenters. The second kappa shape index (κ2) is 8.61. The summed E-state index contributed by atoms with van der Waals surface area (Å²) >= 11 is 0. The average molecular weight is 414 g/mol. The zero-order chi connectivity index (χ0) is 20.9. The third kappa shape index (κ3) is 5.02. The lowest BCUT2D eigenvalue weighted by molar-refractivity contribution is 0.0526. The first kappa shape index (κ1) is 20.2. The molecule has 1 amide bonds. The molecule has 0 bridgehead atoms. The van der Waals surface area contributed by atoms with Crippen LogP contribution in [0.1, 0.15) is 27.8 Å². The van der Waals surface area contributed by atoms with Gasteiger partial charge in [0.05, 0.1) is 29.0 Å². The van der Waals surface area contributed by atoms with Crippen LogP contribution in [0.15, 0.2) is 76.2 Å². The Morgan fingerprint density at radius 1 is 1.00 bits per heavy atom. The molecule has 0 aliphatic carbocycles. The van der Waals surface area contributed by atoms with Gasteiger partial charge in [0.25, 0.3) is 15.9 Å². The van der Waals surface area contributed by atoms with Crippen molar-refractivity contribution in [1.29, 1.82) is 0 Å². The first-order valence-electron chi connectivity index (χ1n) is 8.64. The van der Waals surface area contributed by atoms with E-state index in [0.717, 1.165) is 0 Å². The summed E-state index contributed by atoms with van der Waals surface area (Å²) in [6, 6.07) is 14.7. The molecule has 8 nitrogen and oxygen atoms in total. The van der Waals surface area contributed by atoms with Gasteiger partial charge in [-0.05, 0) is 61.5 Å². The fourth-order valence-electron chi connectivity index (χ4n) is 2.46. The number of sulfonamides is 1. The highest BCUT2D eigenvalue weighted by atomic mass is 32.2. The van der Waals surface area contributed by atoms with E-state index in [1.807, 2.05) is 0 Å². The molecule has 0 aliphatic heterocycles. The van der Waals surface area contributed by atoms with Gasteiger partial charge in [-0.25, -0.2) is 13.2 Å². The Morgan fingerprint density at radius 3 is 2.38 bits per heavy atom. The second-order valence-corrected chi connectivity index (χ2v) is 7.54. The monoisotopic (exact) mass is 414 g/mol. The Kier molecular flexibility index (Phi) is 5.99. The van der Waals surface area contributed by atoms with Crippen molar-refractivity contribution in [2.24, 2.45) is 0 Å². The minimum Gasteiger partial charge on any atom is -0.462 e. The number of anilines is 2. The van der Waals surface area contributed by atoms with E-state index in [1.165, 1.54) is 42.7 Å². The van der Waals surface area contributed by atoms with Crippen LogP contribution in [0.4, 0.5) is 11.4 Å². The molecule has 2 N–H and O–H groups in total. The molecule has 0 aliphatic rings. The number of hydrogen-bond acceptors (Lipinski definition) is 6. The van der Waals surface area contributed by atoms with Crippen molar-refractivity contribution in [2.75, 3.05) is 16.6 Å². The number of furan rings is 1. The lowest BCUT2D eigenvalue weighted by Gasteiger charge is -2.10. The van der Waals surface area contributed by atoms with Crippen molar-refractivity contribution in [2.45, 2.75) is 11.8 Å². The van der Waals surface area contributed by atoms with E-state index in [1.54, 1.807) is 31.2 Å². The maximum atomic E-state index is 12.6. The predicted molar refractivity (Wildman–Crippen MR) is 106 cm³/mol. The van der Waals surface area contributed by atoms with Crippen LogP contribution in [-0.2, 0) is 14.8 Å². The van der Waals surface area contributed by atoms with Crippen LogP contribution in [0.3, 0.4) is 0 Å². The number of nitrogens with one attached hydrogen (secondary N) is 2. The molecule has 150 valence electrons. The Bertz CT molecular complexity index is 1110. The topological polar surface area (TPSA) is 115 Å². The predicted octanol–water partition coefficient (Wildman–Crippen LogP) is 3.51. The molecule has 9 heteroatoms. The molecule has 0 spiro atoms. The van der Waals surface area contributed by atoms with Gasteiger partial charge in [-0.3, -0.25) is 9.52 Å². The van der Waals surface area contributed by atoms with Crippen molar-refractivity contribution in [3.05, 3.63) is 78.3 Å². The molecule has 3 rings (SSSR count). The van der Waals surface area contributed by atoms with Crippen LogP contribution >= 0.6 is 0 Å². The highest BCUT2D eigenvalue weighted by Gasteiger charge is 2.16. The SMILES string of the molecule is CCOC(=O)c1ccc(S(=O)(=O)Nc2cccc(NC(=O)c3ccco3)c2)cc1. The summed E-state index contributed by atoms with van der Waals surface area (Å²) in [5.41, 5.74) is 0.911. The van der Waals surface area contributed by atoms with Gasteiger partial charge in [-0.15, -0.1) is 0 Å². The number of carbonyl (C=O) groups is 2. The van der Waals surface area contributed by atoms with E-state index in [0.29, 0.717) is 5.69 Å². The first-order valence-corrected chi connectivity index (χ1v) is 10.1. The van der Waals surface area contributed by atoms with E-state index in [-0.39, 0.29) is 28.5 Å². The summed E-state index contributed by atoms with van der Waals surface area (Å²) in [6.07, 6.45) is 1.38. The van der Waals surface area contributed by atoms with Crippen molar-refractivity contribution in [3.8, 4) is 0 Å². The summed E-state index contributed by atoms with van der Waals surface area (Å²) in [5.74, 6) is -0.841. The zero-order valence-corrected chi connectivity index (χ0v) is 16.2. The van der Waals surface area contributed by atoms with E-state index in [2.05, 4.69) is 10.0 Å². The summed E-state index contributed by atoms with van der Waals surface area (Å²) in [7, 11) is -3.89. The van der Waals surface area contributed by atoms with Gasteiger partial charge in [-0.1, -0.05) is 6.07 Å². The number of amides is 1. The Hall–Kier alpha value is -3.59. The summed E-state index contributed by atoms with van der Waals surface area (Å²) in [5, 5.41) is 2.62. The maximum Gasteiger partial charge on any atom is 0.338 e. The number of hydrogen-bond donors (Lipinski definition) is 2. The lowest BCUT2D eigenvalue weighted by Crippen LogP contribution is -2.14. The Balaban J connectivity index is 1.73. The molecule has 29 heavy (non-hydrogen) atoms. The zero-order valence-electron chi connectivity index (χ0n) is 15.4. The number of carbonyl (C=O) groups excluding carboxylic acids is 2. The molecular formula is C20H18N2O6S. The van der Waals surface area contributed by atoms with Crippen molar-refractivity contribution >= 4 is 33.3 Å². The molecule has 0 atom stereocenters. The summed E-state index contributed by atoms with van der Waals surface area (Å²) < 4.78 is 37.5. The molecule has 1 aromatic heterocycles. The average Bonchev–Trinajstić information content (AvgIpc) is 3.23. The van der Waals surface area contributed by atoms with E-state index >= 15 is 0 Å². The normalized spacial score (nSPS) is 10.9. The van der Waals surface area contributed by atoms with Crippen molar-refractivity contribution < 1.29 is 27.2 Å². The lowest BCUT2D eigenvalue weighted by atomic mass is 10.2. The van der Waals surface area contributed by atoms with Gasteiger partial charge in [0.2, 0.25) is 0 Å². The standard InChI is InChI=1S/C20H18N2O6S/c1-2-27-20(24)14-8-10-17(11-9-14)29(25,26)22-16-6-3-5-15(13-16)21-19(23)18-7-4-12-28-18/h3-13,22H,2H2,1H3,(H,21,23). The minimum absolute atomic E-state index is 0.0180. The van der Waals surface area contributed by atoms with Crippen LogP contribution in [0.25, 0.3) is 0 Å². The van der Waals surface area contributed by atoms with Crippen molar-refractivity contribution in [1.82, 2.24) is 0 Å². The van der Waals surface area contributed by atoms with Crippen LogP contribution in [0.2, 0.25) is 0 Å². The number of rotatable bonds is 7. The summed E-state index contributed by atoms with van der Waals surface area (Å²) in [6.45, 7) is 1.92. The van der Waals surface area contributed by atoms with Gasteiger partial charge in [0.1, 0.15) is 0 Å². The Morgan fingerprint density at radius 2 is 1.72 bits per heavy atom. The third-order valence-corrected chi connectivity index (χ3v) is 5.19. The molecule has 2 aromatic carbocycles. The number of benzene rings is 2. The van der Waals surface area contributed by atoms with Gasteiger partial charge in [0.15, 0.2) is 5.76 Å². The summed E-state index contributed by atoms with van der Waals surface area (Å²) in [4.78, 5) is 23.7. The molecule has 0 fully saturated rings. The van der Waals surface area contributed by atoms with Crippen molar-refractivity contribution in [3.63, 3.8) is 0 Å². The van der Waals surface area contributed by atoms with Gasteiger partial charge >= 0.3 is 5.97 Å². The largest absolute Gasteiger partial charge is 0.462 e. The van der Waals surface area contributed by atoms with E-state index < -0.39 is 21.9 Å². The number of esters is 1. The molecule has 1 heterocycles. The van der Waals surface area contributed by atoms with Crippen LogP contribution < -0.4 is 10.0 Å². The van der Waals surface area contributed by atoms with Gasteiger partial charge in [-0.2, -0.15) is 0 Å². The smallest absolute Gasteiger partial charge is 0.338 e. The molecular weight excluding hydrogens is 396 g/mol. The molecule has 0 saturated heterocycles. The van der Waals surface area contributed by atoms with Crippen LogP contribution in [0, 0.1) is 0 Å². The highest BCUT2D eigenvalue weighted by molar-refractivity contribution is 7.92. The quantitative estimate of drug-likeness (QED) is 0.572. The van der Waals surface area contributed by atoms with Crippen LogP contribution in [-0.4, -0.2) is 26.9 Å². The van der Waals surface area contributed by atoms with Crippen LogP contribution in [0.5, 0.6) is 0 Å². The van der Waals surface area contributed by atoms with Gasteiger partial charge in [0, 0.05) is 5.69 Å². The maximum absolute atomic E-state index is 12.6. The highest BCUT2D eigenvalue weighted by Crippen LogP contribution is 2.20. The number of ether oxygens (including phenoxy) is 1. The molecule has 0 radical (unpaired) electrons. The molecule has 0 saturated carbocycles. The Labute approximate surface area is 167 Å². The second-order valence-electron chi connectivity index (χ2n) is 5.86. The fourth-order valence-corrected chi connectivity index (χ4v) is 3.51. The van der Waals surface area contributed by atoms with E-state index in [4.69, 9.17) is 9.15 Å². The molecule has 3 aromatic rings. The minimum atomic E-state index is -3.89. The first-order chi connectivity index (χ1) is 13.9.